The molecule has 0 heterocycles. The smallest absolute Gasteiger partial charge is 0.196 e. The maximum absolute atomic E-state index is 5.93. The van der Waals surface area contributed by atoms with Gasteiger partial charge in [-0.1, -0.05) is 50.2 Å². The van der Waals surface area contributed by atoms with Crippen molar-refractivity contribution < 1.29 is 28.4 Å². The van der Waals surface area contributed by atoms with Crippen LogP contribution in [0.1, 0.15) is 78.0 Å². The largest absolute Gasteiger partial charge is 0.465 e. The zero-order chi connectivity index (χ0) is 29.1. The summed E-state index contributed by atoms with van der Waals surface area (Å²) in [7, 11) is 0. The van der Waals surface area contributed by atoms with E-state index in [0.29, 0.717) is 19.8 Å². The summed E-state index contributed by atoms with van der Waals surface area (Å²) in [5.41, 5.74) is 3.31. The molecule has 6 heteroatoms. The number of ether oxygens (including phenoxy) is 6. The predicted octanol–water partition coefficient (Wildman–Crippen LogP) is 8.08. The highest BCUT2D eigenvalue weighted by Gasteiger charge is 2.34. The van der Waals surface area contributed by atoms with Crippen LogP contribution >= 0.6 is 0 Å². The summed E-state index contributed by atoms with van der Waals surface area (Å²) in [4.78, 5) is 0. The van der Waals surface area contributed by atoms with Crippen LogP contribution in [0, 0.1) is 0 Å². The molecule has 3 aromatic rings. The summed E-state index contributed by atoms with van der Waals surface area (Å²) in [6.07, 6.45) is -0.907. The maximum Gasteiger partial charge on any atom is 0.196 e. The van der Waals surface area contributed by atoms with Gasteiger partial charge >= 0.3 is 0 Å². The van der Waals surface area contributed by atoms with Crippen LogP contribution in [0.25, 0.3) is 0 Å². The number of rotatable bonds is 16. The van der Waals surface area contributed by atoms with Crippen molar-refractivity contribution in [2.45, 2.75) is 85.6 Å². The first-order valence-corrected chi connectivity index (χ1v) is 14.3. The zero-order valence-corrected chi connectivity index (χ0v) is 25.3. The van der Waals surface area contributed by atoms with Crippen molar-refractivity contribution >= 4 is 0 Å². The second-order valence-electron chi connectivity index (χ2n) is 10.2. The van der Waals surface area contributed by atoms with Gasteiger partial charge in [0.05, 0.1) is 0 Å². The van der Waals surface area contributed by atoms with Gasteiger partial charge in [0.25, 0.3) is 0 Å². The van der Waals surface area contributed by atoms with E-state index >= 15 is 0 Å². The third-order valence-electron chi connectivity index (χ3n) is 6.86. The second kappa shape index (κ2) is 15.1. The molecule has 0 spiro atoms. The molecule has 0 N–H and O–H groups in total. The molecular formula is C34H46O6. The highest BCUT2D eigenvalue weighted by atomic mass is 16.7. The van der Waals surface area contributed by atoms with Gasteiger partial charge in [-0.15, -0.1) is 0 Å². The molecule has 0 saturated carbocycles. The van der Waals surface area contributed by atoms with E-state index in [4.69, 9.17) is 28.4 Å². The minimum Gasteiger partial charge on any atom is -0.465 e. The molecule has 0 aliphatic rings. The standard InChI is InChI=1S/C34H46O6/c1-9-35-24(4)38-30-18-12-27(13-19-30)33(28-14-20-31(21-15-28)39-25(5)36-10-2)34(7,8)29-16-22-32(23-17-29)40-26(6)37-11-3/h12-26,33H,9-11H2,1-8H3. The van der Waals surface area contributed by atoms with Crippen molar-refractivity contribution in [2.24, 2.45) is 0 Å². The van der Waals surface area contributed by atoms with Crippen molar-refractivity contribution in [3.05, 3.63) is 89.5 Å². The minimum absolute atomic E-state index is 0.0540. The van der Waals surface area contributed by atoms with Crippen LogP contribution in [-0.2, 0) is 19.6 Å². The van der Waals surface area contributed by atoms with Gasteiger partial charge in [0.2, 0.25) is 0 Å². The highest BCUT2D eigenvalue weighted by Crippen LogP contribution is 2.44. The lowest BCUT2D eigenvalue weighted by Crippen LogP contribution is -2.28. The predicted molar refractivity (Wildman–Crippen MR) is 159 cm³/mol. The maximum atomic E-state index is 5.93. The zero-order valence-electron chi connectivity index (χ0n) is 25.3. The quantitative estimate of drug-likeness (QED) is 0.168. The molecule has 0 aromatic heterocycles. The van der Waals surface area contributed by atoms with Crippen molar-refractivity contribution in [2.75, 3.05) is 19.8 Å². The highest BCUT2D eigenvalue weighted by molar-refractivity contribution is 5.45. The van der Waals surface area contributed by atoms with Gasteiger partial charge in [-0.2, -0.15) is 0 Å². The minimum atomic E-state index is -0.305. The summed E-state index contributed by atoms with van der Waals surface area (Å²) in [5.74, 6) is 2.39. The molecule has 6 nitrogen and oxygen atoms in total. The van der Waals surface area contributed by atoms with E-state index in [9.17, 15) is 0 Å². The van der Waals surface area contributed by atoms with Crippen molar-refractivity contribution in [1.29, 1.82) is 0 Å². The molecule has 0 aliphatic carbocycles. The monoisotopic (exact) mass is 550 g/mol. The molecule has 3 unspecified atom stereocenters. The van der Waals surface area contributed by atoms with Gasteiger partial charge in [0, 0.05) is 31.2 Å². The summed E-state index contributed by atoms with van der Waals surface area (Å²) in [5, 5.41) is 0. The van der Waals surface area contributed by atoms with Crippen LogP contribution in [0.15, 0.2) is 72.8 Å². The Bertz CT molecular complexity index is 1070. The third kappa shape index (κ3) is 8.72. The molecule has 3 aromatic carbocycles. The molecule has 218 valence electrons. The molecule has 0 bridgehead atoms. The summed E-state index contributed by atoms with van der Waals surface area (Å²) in [6, 6.07) is 24.9. The Morgan fingerprint density at radius 1 is 0.500 bits per heavy atom. The number of benzene rings is 3. The van der Waals surface area contributed by atoms with Crippen molar-refractivity contribution in [3.63, 3.8) is 0 Å². The topological polar surface area (TPSA) is 55.4 Å². The molecule has 40 heavy (non-hydrogen) atoms. The molecule has 0 saturated heterocycles. The van der Waals surface area contributed by atoms with Crippen LogP contribution in [0.2, 0.25) is 0 Å². The van der Waals surface area contributed by atoms with Gasteiger partial charge in [0.15, 0.2) is 18.9 Å². The number of hydrogen-bond acceptors (Lipinski definition) is 6. The van der Waals surface area contributed by atoms with Gasteiger partial charge in [-0.3, -0.25) is 0 Å². The van der Waals surface area contributed by atoms with Crippen LogP contribution in [0.3, 0.4) is 0 Å². The molecule has 3 atom stereocenters. The van der Waals surface area contributed by atoms with E-state index in [1.165, 1.54) is 16.7 Å². The molecule has 3 rings (SSSR count). The van der Waals surface area contributed by atoms with E-state index in [1.54, 1.807) is 0 Å². The molecule has 0 aliphatic heterocycles. The lowest BCUT2D eigenvalue weighted by molar-refractivity contribution is -0.0617. The van der Waals surface area contributed by atoms with Crippen LogP contribution in [0.5, 0.6) is 17.2 Å². The summed E-state index contributed by atoms with van der Waals surface area (Å²) in [6.45, 7) is 18.0. The van der Waals surface area contributed by atoms with Crippen molar-refractivity contribution in [1.82, 2.24) is 0 Å². The van der Waals surface area contributed by atoms with Gasteiger partial charge < -0.3 is 28.4 Å². The second-order valence-corrected chi connectivity index (χ2v) is 10.2. The van der Waals surface area contributed by atoms with Crippen molar-refractivity contribution in [3.8, 4) is 17.2 Å². The molecule has 0 radical (unpaired) electrons. The fourth-order valence-electron chi connectivity index (χ4n) is 5.01. The van der Waals surface area contributed by atoms with Gasteiger partial charge in [0.1, 0.15) is 17.2 Å². The first-order valence-electron chi connectivity index (χ1n) is 14.3. The van der Waals surface area contributed by atoms with Gasteiger partial charge in [-0.05, 0) is 94.6 Å². The van der Waals surface area contributed by atoms with Crippen LogP contribution < -0.4 is 14.2 Å². The van der Waals surface area contributed by atoms with E-state index < -0.39 is 0 Å². The first-order chi connectivity index (χ1) is 19.2. The fourth-order valence-corrected chi connectivity index (χ4v) is 5.01. The Kier molecular flexibility index (Phi) is 11.9. The lowest BCUT2D eigenvalue weighted by Gasteiger charge is -2.36. The Morgan fingerprint density at radius 3 is 1.10 bits per heavy atom. The Morgan fingerprint density at radius 2 is 0.800 bits per heavy atom. The SMILES string of the molecule is CCOC(C)Oc1ccc(C(c2ccc(OC(C)OCC)cc2)C(C)(C)c2ccc(OC(C)OCC)cc2)cc1. The normalized spacial score (nSPS) is 14.7. The van der Waals surface area contributed by atoms with E-state index in [2.05, 4.69) is 50.2 Å². The average Bonchev–Trinajstić information content (AvgIpc) is 2.91. The van der Waals surface area contributed by atoms with E-state index in [0.717, 1.165) is 17.2 Å². The molecule has 0 amide bonds. The third-order valence-corrected chi connectivity index (χ3v) is 6.86. The van der Waals surface area contributed by atoms with Gasteiger partial charge in [-0.25, -0.2) is 0 Å². The lowest BCUT2D eigenvalue weighted by atomic mass is 9.67. The first kappa shape index (κ1) is 31.5. The summed E-state index contributed by atoms with van der Waals surface area (Å²) < 4.78 is 34.4. The van der Waals surface area contributed by atoms with Crippen LogP contribution in [0.4, 0.5) is 0 Å². The summed E-state index contributed by atoms with van der Waals surface area (Å²) >= 11 is 0. The average molecular weight is 551 g/mol. The van der Waals surface area contributed by atoms with E-state index in [-0.39, 0.29) is 30.2 Å². The fraction of sp³-hybridized carbons (Fsp3) is 0.471. The molecule has 0 fully saturated rings. The Balaban J connectivity index is 1.94. The number of hydrogen-bond donors (Lipinski definition) is 0. The molecular weight excluding hydrogens is 504 g/mol. The van der Waals surface area contributed by atoms with E-state index in [1.807, 2.05) is 77.9 Å². The van der Waals surface area contributed by atoms with Crippen LogP contribution in [-0.4, -0.2) is 38.7 Å². The Hall–Kier alpha value is -3.06. The Labute approximate surface area is 240 Å².